The van der Waals surface area contributed by atoms with Crippen LogP contribution in [0.25, 0.3) is 0 Å². The average molecular weight is 379 g/mol. The van der Waals surface area contributed by atoms with Gasteiger partial charge in [0.2, 0.25) is 0 Å². The maximum Gasteiger partial charge on any atom is 0.401 e. The number of halogens is 3. The Kier molecular flexibility index (Phi) is 8.94. The second-order valence-corrected chi connectivity index (χ2v) is 7.00. The summed E-state index contributed by atoms with van der Waals surface area (Å²) in [7, 11) is 1.75. The van der Waals surface area contributed by atoms with Crippen LogP contribution in [0.2, 0.25) is 0 Å². The Morgan fingerprint density at radius 2 is 1.69 bits per heavy atom. The number of ether oxygens (including phenoxy) is 1. The van der Waals surface area contributed by atoms with Gasteiger partial charge >= 0.3 is 6.18 Å². The summed E-state index contributed by atoms with van der Waals surface area (Å²) in [5.74, 6) is 1.27. The van der Waals surface area contributed by atoms with E-state index in [4.69, 9.17) is 4.74 Å². The molecule has 0 unspecified atom stereocenters. The molecule has 2 aliphatic rings. The molecule has 0 bridgehead atoms. The van der Waals surface area contributed by atoms with Crippen molar-refractivity contribution in [3.8, 4) is 0 Å². The Morgan fingerprint density at radius 3 is 2.31 bits per heavy atom. The van der Waals surface area contributed by atoms with E-state index in [9.17, 15) is 13.2 Å². The van der Waals surface area contributed by atoms with E-state index in [1.807, 2.05) is 0 Å². The third-order valence-electron chi connectivity index (χ3n) is 5.00. The summed E-state index contributed by atoms with van der Waals surface area (Å²) in [6.45, 7) is 6.43. The molecule has 26 heavy (non-hydrogen) atoms. The number of alkyl halides is 3. The Bertz CT molecular complexity index is 419. The summed E-state index contributed by atoms with van der Waals surface area (Å²) in [6, 6.07) is 0. The summed E-state index contributed by atoms with van der Waals surface area (Å²) in [6.07, 6.45) is -1.46. The fraction of sp³-hybridized carbons (Fsp3) is 0.941. The van der Waals surface area contributed by atoms with Crippen molar-refractivity contribution in [3.05, 3.63) is 0 Å². The zero-order valence-corrected chi connectivity index (χ0v) is 15.7. The van der Waals surface area contributed by atoms with E-state index >= 15 is 0 Å². The van der Waals surface area contributed by atoms with Gasteiger partial charge in [0.05, 0.1) is 19.8 Å². The lowest BCUT2D eigenvalue weighted by atomic mass is 9.93. The van der Waals surface area contributed by atoms with Crippen molar-refractivity contribution >= 4 is 5.96 Å². The van der Waals surface area contributed by atoms with Gasteiger partial charge in [0.15, 0.2) is 5.96 Å². The normalized spacial score (nSPS) is 21.8. The number of piperidine rings is 1. The average Bonchev–Trinajstić information content (AvgIpc) is 2.61. The van der Waals surface area contributed by atoms with Crippen molar-refractivity contribution in [2.75, 3.05) is 72.6 Å². The zero-order chi connectivity index (χ0) is 18.8. The molecule has 9 heteroatoms. The molecule has 0 amide bonds. The first kappa shape index (κ1) is 21.2. The van der Waals surface area contributed by atoms with Crippen LogP contribution in [0, 0.1) is 5.92 Å². The van der Waals surface area contributed by atoms with Gasteiger partial charge in [-0.15, -0.1) is 0 Å². The van der Waals surface area contributed by atoms with Gasteiger partial charge in [0, 0.05) is 39.8 Å². The summed E-state index contributed by atoms with van der Waals surface area (Å²) in [5, 5.41) is 6.62. The second-order valence-electron chi connectivity index (χ2n) is 7.00. The molecule has 0 saturated carbocycles. The number of aliphatic imine (C=N–C) groups is 1. The van der Waals surface area contributed by atoms with Crippen molar-refractivity contribution in [2.45, 2.75) is 25.4 Å². The SMILES string of the molecule is CN=C(NCCC1CCN(CC(F)(F)F)CC1)NCCN1CCOCC1. The lowest BCUT2D eigenvalue weighted by Gasteiger charge is -2.32. The molecule has 2 aliphatic heterocycles. The second kappa shape index (κ2) is 10.9. The minimum Gasteiger partial charge on any atom is -0.379 e. The highest BCUT2D eigenvalue weighted by molar-refractivity contribution is 5.79. The Morgan fingerprint density at radius 1 is 1.04 bits per heavy atom. The molecule has 0 aromatic rings. The maximum atomic E-state index is 12.4. The molecule has 0 radical (unpaired) electrons. The number of nitrogens with zero attached hydrogens (tertiary/aromatic N) is 3. The fourth-order valence-electron chi connectivity index (χ4n) is 3.46. The quantitative estimate of drug-likeness (QED) is 0.513. The predicted octanol–water partition coefficient (Wildman–Crippen LogP) is 1.15. The molecule has 2 heterocycles. The van der Waals surface area contributed by atoms with E-state index in [-0.39, 0.29) is 0 Å². The number of rotatable bonds is 7. The maximum absolute atomic E-state index is 12.4. The fourth-order valence-corrected chi connectivity index (χ4v) is 3.46. The van der Waals surface area contributed by atoms with Crippen LogP contribution in [0.5, 0.6) is 0 Å². The smallest absolute Gasteiger partial charge is 0.379 e. The highest BCUT2D eigenvalue weighted by atomic mass is 19.4. The van der Waals surface area contributed by atoms with Crippen LogP contribution in [0.1, 0.15) is 19.3 Å². The Balaban J connectivity index is 1.53. The third-order valence-corrected chi connectivity index (χ3v) is 5.00. The number of hydrogen-bond acceptors (Lipinski definition) is 4. The molecule has 0 spiro atoms. The lowest BCUT2D eigenvalue weighted by molar-refractivity contribution is -0.148. The molecule has 0 aromatic heterocycles. The van der Waals surface area contributed by atoms with E-state index in [1.54, 1.807) is 7.05 Å². The number of guanidine groups is 1. The lowest BCUT2D eigenvalue weighted by Crippen LogP contribution is -2.45. The summed E-state index contributed by atoms with van der Waals surface area (Å²) < 4.78 is 42.6. The van der Waals surface area contributed by atoms with Crippen molar-refractivity contribution in [1.82, 2.24) is 20.4 Å². The van der Waals surface area contributed by atoms with Gasteiger partial charge in [-0.3, -0.25) is 14.8 Å². The van der Waals surface area contributed by atoms with Gasteiger partial charge < -0.3 is 15.4 Å². The third kappa shape index (κ3) is 8.55. The Hall–Kier alpha value is -1.06. The standard InChI is InChI=1S/C17H32F3N5O/c1-21-16(23-6-9-24-10-12-26-13-11-24)22-5-2-15-3-7-25(8-4-15)14-17(18,19)20/h15H,2-14H2,1H3,(H2,21,22,23). The van der Waals surface area contributed by atoms with Crippen LogP contribution < -0.4 is 10.6 Å². The summed E-state index contributed by atoms with van der Waals surface area (Å²) >= 11 is 0. The predicted molar refractivity (Wildman–Crippen MR) is 96.5 cm³/mol. The highest BCUT2D eigenvalue weighted by Gasteiger charge is 2.32. The number of likely N-dealkylation sites (tertiary alicyclic amines) is 1. The highest BCUT2D eigenvalue weighted by Crippen LogP contribution is 2.23. The first-order valence-corrected chi connectivity index (χ1v) is 9.50. The van der Waals surface area contributed by atoms with E-state index in [1.165, 1.54) is 4.90 Å². The van der Waals surface area contributed by atoms with Gasteiger partial charge in [-0.1, -0.05) is 0 Å². The van der Waals surface area contributed by atoms with Crippen LogP contribution in [0.15, 0.2) is 4.99 Å². The van der Waals surface area contributed by atoms with E-state index in [0.717, 1.165) is 71.2 Å². The monoisotopic (exact) mass is 379 g/mol. The van der Waals surface area contributed by atoms with Crippen molar-refractivity contribution in [1.29, 1.82) is 0 Å². The molecule has 2 N–H and O–H groups in total. The van der Waals surface area contributed by atoms with Crippen LogP contribution in [-0.4, -0.2) is 94.6 Å². The number of morpholine rings is 1. The Labute approximate surface area is 154 Å². The molecular formula is C17H32F3N5O. The molecule has 0 atom stereocenters. The largest absolute Gasteiger partial charge is 0.401 e. The van der Waals surface area contributed by atoms with Gasteiger partial charge in [-0.2, -0.15) is 13.2 Å². The van der Waals surface area contributed by atoms with E-state index in [0.29, 0.717) is 19.0 Å². The molecular weight excluding hydrogens is 347 g/mol. The number of nitrogens with one attached hydrogen (secondary N) is 2. The van der Waals surface area contributed by atoms with Crippen LogP contribution in [0.4, 0.5) is 13.2 Å². The van der Waals surface area contributed by atoms with Crippen LogP contribution in [0.3, 0.4) is 0 Å². The van der Waals surface area contributed by atoms with Gasteiger partial charge in [-0.25, -0.2) is 0 Å². The summed E-state index contributed by atoms with van der Waals surface area (Å²) in [4.78, 5) is 8.09. The minimum atomic E-state index is -4.09. The number of hydrogen-bond donors (Lipinski definition) is 2. The topological polar surface area (TPSA) is 52.1 Å². The molecule has 2 fully saturated rings. The molecule has 152 valence electrons. The molecule has 2 saturated heterocycles. The van der Waals surface area contributed by atoms with E-state index < -0.39 is 12.7 Å². The van der Waals surface area contributed by atoms with Crippen LogP contribution >= 0.6 is 0 Å². The van der Waals surface area contributed by atoms with Crippen LogP contribution in [-0.2, 0) is 4.74 Å². The van der Waals surface area contributed by atoms with Crippen molar-refractivity contribution < 1.29 is 17.9 Å². The van der Waals surface area contributed by atoms with Gasteiger partial charge in [-0.05, 0) is 38.3 Å². The first-order valence-electron chi connectivity index (χ1n) is 9.50. The molecule has 2 rings (SSSR count). The van der Waals surface area contributed by atoms with Gasteiger partial charge in [0.1, 0.15) is 0 Å². The molecule has 0 aromatic carbocycles. The van der Waals surface area contributed by atoms with Crippen molar-refractivity contribution in [3.63, 3.8) is 0 Å². The van der Waals surface area contributed by atoms with E-state index in [2.05, 4.69) is 20.5 Å². The first-order chi connectivity index (χ1) is 12.5. The van der Waals surface area contributed by atoms with Gasteiger partial charge in [0.25, 0.3) is 0 Å². The molecule has 0 aliphatic carbocycles. The summed E-state index contributed by atoms with van der Waals surface area (Å²) in [5.41, 5.74) is 0. The molecule has 6 nitrogen and oxygen atoms in total. The minimum absolute atomic E-state index is 0.485. The zero-order valence-electron chi connectivity index (χ0n) is 15.7. The van der Waals surface area contributed by atoms with Crippen molar-refractivity contribution in [2.24, 2.45) is 10.9 Å².